The first-order chi connectivity index (χ1) is 14.9. The number of anilines is 1. The van der Waals surface area contributed by atoms with Gasteiger partial charge in [-0.1, -0.05) is 19.9 Å². The summed E-state index contributed by atoms with van der Waals surface area (Å²) in [6, 6.07) is 7.28. The number of rotatable bonds is 9. The van der Waals surface area contributed by atoms with E-state index in [4.69, 9.17) is 4.74 Å². The van der Waals surface area contributed by atoms with Crippen LogP contribution in [0.3, 0.4) is 0 Å². The van der Waals surface area contributed by atoms with Crippen molar-refractivity contribution >= 4 is 17.7 Å². The Kier molecular flexibility index (Phi) is 6.06. The molecule has 2 aromatic rings. The van der Waals surface area contributed by atoms with E-state index in [1.165, 1.54) is 0 Å². The van der Waals surface area contributed by atoms with E-state index in [2.05, 4.69) is 34.0 Å². The highest BCUT2D eigenvalue weighted by Gasteiger charge is 2.60. The normalized spacial score (nSPS) is 21.6. The molecule has 1 saturated heterocycles. The molecule has 1 aliphatic carbocycles. The molecule has 0 aromatic carbocycles. The Morgan fingerprint density at radius 1 is 1.26 bits per heavy atom. The van der Waals surface area contributed by atoms with Gasteiger partial charge in [0, 0.05) is 32.0 Å². The highest BCUT2D eigenvalue weighted by atomic mass is 16.5. The number of fused-ring (bicyclic) bond motifs is 1. The SMILES string of the molecule is CC(C)CCOc1nc(N2C[C@@H]3C(C(=O)O)[C@@H]3C2)ccc1C(=O)NCc1cccnc1. The number of hydrogen-bond acceptors (Lipinski definition) is 6. The zero-order valence-electron chi connectivity index (χ0n) is 17.8. The van der Waals surface area contributed by atoms with E-state index < -0.39 is 5.97 Å². The molecule has 164 valence electrons. The van der Waals surface area contributed by atoms with Crippen LogP contribution in [0.15, 0.2) is 36.7 Å². The van der Waals surface area contributed by atoms with Gasteiger partial charge in [0.25, 0.3) is 5.91 Å². The van der Waals surface area contributed by atoms with Gasteiger partial charge in [-0.15, -0.1) is 0 Å². The van der Waals surface area contributed by atoms with E-state index in [9.17, 15) is 14.7 Å². The van der Waals surface area contributed by atoms with Crippen LogP contribution in [0.25, 0.3) is 0 Å². The Morgan fingerprint density at radius 2 is 2.03 bits per heavy atom. The molecule has 3 heterocycles. The first-order valence-corrected chi connectivity index (χ1v) is 10.7. The molecule has 2 N–H and O–H groups in total. The number of amides is 1. The molecular formula is C23H28N4O4. The van der Waals surface area contributed by atoms with Crippen LogP contribution < -0.4 is 15.0 Å². The van der Waals surface area contributed by atoms with Gasteiger partial charge in [-0.05, 0) is 47.9 Å². The van der Waals surface area contributed by atoms with Crippen LogP contribution in [0, 0.1) is 23.7 Å². The maximum absolute atomic E-state index is 12.8. The van der Waals surface area contributed by atoms with Crippen molar-refractivity contribution in [1.82, 2.24) is 15.3 Å². The molecular weight excluding hydrogens is 396 g/mol. The standard InChI is InChI=1S/C23H28N4O4/c1-14(2)7-9-31-22-16(21(28)25-11-15-4-3-8-24-10-15)5-6-19(26-22)27-12-17-18(13-27)20(17)23(29)30/h3-6,8,10,14,17-18,20H,7,9,11-13H2,1-2H3,(H,25,28)(H,29,30)/t17-,18+,20?. The third-order valence-electron chi connectivity index (χ3n) is 6.00. The first kappa shape index (κ1) is 21.1. The number of aromatic nitrogens is 2. The number of carbonyl (C=O) groups excluding carboxylic acids is 1. The quantitative estimate of drug-likeness (QED) is 0.637. The zero-order valence-corrected chi connectivity index (χ0v) is 17.8. The average molecular weight is 425 g/mol. The molecule has 2 aliphatic rings. The Balaban J connectivity index is 1.46. The smallest absolute Gasteiger partial charge is 0.307 e. The van der Waals surface area contributed by atoms with Crippen LogP contribution in [0.5, 0.6) is 5.88 Å². The topological polar surface area (TPSA) is 105 Å². The van der Waals surface area contributed by atoms with Gasteiger partial charge in [0.15, 0.2) is 0 Å². The lowest BCUT2D eigenvalue weighted by Gasteiger charge is -2.22. The second kappa shape index (κ2) is 8.91. The molecule has 1 saturated carbocycles. The number of piperidine rings is 1. The maximum atomic E-state index is 12.8. The number of nitrogens with zero attached hydrogens (tertiary/aromatic N) is 3. The van der Waals surface area contributed by atoms with Crippen molar-refractivity contribution < 1.29 is 19.4 Å². The van der Waals surface area contributed by atoms with E-state index in [1.807, 2.05) is 18.2 Å². The lowest BCUT2D eigenvalue weighted by Crippen LogP contribution is -2.28. The molecule has 8 heteroatoms. The predicted octanol–water partition coefficient (Wildman–Crippen LogP) is 2.60. The summed E-state index contributed by atoms with van der Waals surface area (Å²) in [4.78, 5) is 34.8. The number of carboxylic acids is 1. The molecule has 2 aromatic heterocycles. The lowest BCUT2D eigenvalue weighted by atomic mass is 10.1. The van der Waals surface area contributed by atoms with Gasteiger partial charge >= 0.3 is 5.97 Å². The van der Waals surface area contributed by atoms with Gasteiger partial charge in [0.1, 0.15) is 11.4 Å². The van der Waals surface area contributed by atoms with Crippen molar-refractivity contribution in [3.63, 3.8) is 0 Å². The molecule has 1 aliphatic heterocycles. The Bertz CT molecular complexity index is 938. The molecule has 0 spiro atoms. The number of carboxylic acid groups (broad SMARTS) is 1. The number of nitrogens with one attached hydrogen (secondary N) is 1. The van der Waals surface area contributed by atoms with E-state index in [0.717, 1.165) is 17.8 Å². The van der Waals surface area contributed by atoms with Gasteiger partial charge in [-0.2, -0.15) is 4.98 Å². The summed E-state index contributed by atoms with van der Waals surface area (Å²) in [5, 5.41) is 12.1. The minimum atomic E-state index is -0.707. The molecule has 1 amide bonds. The van der Waals surface area contributed by atoms with Crippen LogP contribution in [-0.2, 0) is 11.3 Å². The predicted molar refractivity (Wildman–Crippen MR) is 115 cm³/mol. The first-order valence-electron chi connectivity index (χ1n) is 10.7. The summed E-state index contributed by atoms with van der Waals surface area (Å²) >= 11 is 0. The highest BCUT2D eigenvalue weighted by molar-refractivity contribution is 5.96. The monoisotopic (exact) mass is 424 g/mol. The fraction of sp³-hybridized carbons (Fsp3) is 0.478. The van der Waals surface area contributed by atoms with Crippen LogP contribution in [0.2, 0.25) is 0 Å². The van der Waals surface area contributed by atoms with Gasteiger partial charge in [0.05, 0.1) is 12.5 Å². The third kappa shape index (κ3) is 4.78. The fourth-order valence-corrected chi connectivity index (χ4v) is 4.14. The Labute approximate surface area is 181 Å². The van der Waals surface area contributed by atoms with Crippen molar-refractivity contribution in [3.8, 4) is 5.88 Å². The van der Waals surface area contributed by atoms with Crippen LogP contribution in [0.4, 0.5) is 5.82 Å². The summed E-state index contributed by atoms with van der Waals surface area (Å²) in [5.74, 6) is 0.704. The van der Waals surface area contributed by atoms with Gasteiger partial charge in [0.2, 0.25) is 5.88 Å². The zero-order chi connectivity index (χ0) is 22.0. The Morgan fingerprint density at radius 3 is 2.68 bits per heavy atom. The van der Waals surface area contributed by atoms with Gasteiger partial charge in [-0.25, -0.2) is 0 Å². The number of aliphatic carboxylic acids is 1. The highest BCUT2D eigenvalue weighted by Crippen LogP contribution is 2.52. The summed E-state index contributed by atoms with van der Waals surface area (Å²) < 4.78 is 5.91. The molecule has 0 bridgehead atoms. The van der Waals surface area contributed by atoms with Crippen LogP contribution >= 0.6 is 0 Å². The van der Waals surface area contributed by atoms with Crippen LogP contribution in [-0.4, -0.2) is 46.6 Å². The van der Waals surface area contributed by atoms with Crippen molar-refractivity contribution in [2.24, 2.45) is 23.7 Å². The minimum Gasteiger partial charge on any atom is -0.481 e. The second-order valence-electron chi connectivity index (χ2n) is 8.69. The van der Waals surface area contributed by atoms with E-state index in [1.54, 1.807) is 18.5 Å². The second-order valence-corrected chi connectivity index (χ2v) is 8.69. The van der Waals surface area contributed by atoms with Gasteiger partial charge in [-0.3, -0.25) is 14.6 Å². The van der Waals surface area contributed by atoms with E-state index in [0.29, 0.717) is 43.6 Å². The number of pyridine rings is 2. The summed E-state index contributed by atoms with van der Waals surface area (Å²) in [6.45, 7) is 6.42. The molecule has 3 atom stereocenters. The molecule has 2 fully saturated rings. The van der Waals surface area contributed by atoms with E-state index in [-0.39, 0.29) is 23.7 Å². The van der Waals surface area contributed by atoms with E-state index >= 15 is 0 Å². The molecule has 1 unspecified atom stereocenters. The summed E-state index contributed by atoms with van der Waals surface area (Å²) in [6.07, 6.45) is 4.26. The number of hydrogen-bond donors (Lipinski definition) is 2. The molecule has 8 nitrogen and oxygen atoms in total. The van der Waals surface area contributed by atoms with Crippen molar-refractivity contribution in [3.05, 3.63) is 47.8 Å². The Hall–Kier alpha value is -3.16. The van der Waals surface area contributed by atoms with Crippen molar-refractivity contribution in [2.45, 2.75) is 26.8 Å². The molecule has 0 radical (unpaired) electrons. The lowest BCUT2D eigenvalue weighted by molar-refractivity contribution is -0.139. The fourth-order valence-electron chi connectivity index (χ4n) is 4.14. The van der Waals surface area contributed by atoms with Crippen molar-refractivity contribution in [1.29, 1.82) is 0 Å². The van der Waals surface area contributed by atoms with Crippen LogP contribution in [0.1, 0.15) is 36.2 Å². The third-order valence-corrected chi connectivity index (χ3v) is 6.00. The largest absolute Gasteiger partial charge is 0.481 e. The minimum absolute atomic E-state index is 0.187. The van der Waals surface area contributed by atoms with Crippen molar-refractivity contribution in [2.75, 3.05) is 24.6 Å². The average Bonchev–Trinajstić information content (AvgIpc) is 3.27. The summed E-state index contributed by atoms with van der Waals surface area (Å²) in [5.41, 5.74) is 1.30. The number of ether oxygens (including phenoxy) is 1. The molecule has 31 heavy (non-hydrogen) atoms. The number of carbonyl (C=O) groups is 2. The maximum Gasteiger partial charge on any atom is 0.307 e. The summed E-state index contributed by atoms with van der Waals surface area (Å²) in [7, 11) is 0. The van der Waals surface area contributed by atoms with Gasteiger partial charge < -0.3 is 20.1 Å². The molecule has 4 rings (SSSR count).